The third kappa shape index (κ3) is 2.96. The largest absolute Gasteiger partial charge is 0.483 e. The van der Waals surface area contributed by atoms with Crippen molar-refractivity contribution in [3.05, 3.63) is 36.0 Å². The van der Waals surface area contributed by atoms with Crippen LogP contribution in [-0.2, 0) is 15.9 Å². The molecule has 2 aromatic rings. The van der Waals surface area contributed by atoms with Gasteiger partial charge in [-0.2, -0.15) is 0 Å². The molecule has 2 atom stereocenters. The second-order valence-corrected chi connectivity index (χ2v) is 6.11. The van der Waals surface area contributed by atoms with Gasteiger partial charge in [0, 0.05) is 23.5 Å². The number of ether oxygens (including phenoxy) is 2. The predicted octanol–water partition coefficient (Wildman–Crippen LogP) is 3.21. The van der Waals surface area contributed by atoms with Crippen LogP contribution in [0.3, 0.4) is 0 Å². The Morgan fingerprint density at radius 3 is 2.52 bits per heavy atom. The number of benzene rings is 1. The van der Waals surface area contributed by atoms with Crippen LogP contribution in [0.25, 0.3) is 10.9 Å². The molecule has 122 valence electrons. The molecule has 0 bridgehead atoms. The molecule has 1 aliphatic rings. The summed E-state index contributed by atoms with van der Waals surface area (Å²) in [5.41, 5.74) is 2.34. The van der Waals surface area contributed by atoms with Crippen LogP contribution < -0.4 is 0 Å². The van der Waals surface area contributed by atoms with E-state index in [0.29, 0.717) is 17.7 Å². The standard InChI is InChI=1S/C18H23N3O2/c1-11(2)16-18(23-4)20-15(17(21-16)22-3)9-12-10-19-14-8-6-5-7-13(12)14/h5-8,10-11,15-16,19H,9H2,1-4H3. The maximum Gasteiger partial charge on any atom is 0.209 e. The van der Waals surface area contributed by atoms with E-state index in [9.17, 15) is 0 Å². The van der Waals surface area contributed by atoms with Crippen molar-refractivity contribution in [3.63, 3.8) is 0 Å². The third-order valence-electron chi connectivity index (χ3n) is 4.23. The Morgan fingerprint density at radius 1 is 1.09 bits per heavy atom. The highest BCUT2D eigenvalue weighted by molar-refractivity contribution is 5.94. The lowest BCUT2D eigenvalue weighted by Gasteiger charge is -2.27. The van der Waals surface area contributed by atoms with Crippen LogP contribution >= 0.6 is 0 Å². The summed E-state index contributed by atoms with van der Waals surface area (Å²) in [6, 6.07) is 8.04. The number of rotatable bonds is 3. The molecular weight excluding hydrogens is 290 g/mol. The Balaban J connectivity index is 1.92. The molecule has 2 unspecified atom stereocenters. The molecule has 0 aliphatic carbocycles. The number of nitrogens with one attached hydrogen (secondary N) is 1. The van der Waals surface area contributed by atoms with Crippen LogP contribution in [0, 0.1) is 5.92 Å². The van der Waals surface area contributed by atoms with E-state index in [0.717, 1.165) is 11.9 Å². The van der Waals surface area contributed by atoms with E-state index in [2.05, 4.69) is 31.0 Å². The number of nitrogens with zero attached hydrogens (tertiary/aromatic N) is 2. The first-order chi connectivity index (χ1) is 11.1. The van der Waals surface area contributed by atoms with E-state index >= 15 is 0 Å². The molecule has 0 saturated carbocycles. The fraction of sp³-hybridized carbons (Fsp3) is 0.444. The number of aliphatic imine (C=N–C) groups is 2. The first-order valence-electron chi connectivity index (χ1n) is 7.92. The molecule has 5 heteroatoms. The van der Waals surface area contributed by atoms with Crippen LogP contribution in [0.1, 0.15) is 19.4 Å². The molecule has 0 amide bonds. The lowest BCUT2D eigenvalue weighted by Crippen LogP contribution is -2.38. The maximum atomic E-state index is 5.51. The first kappa shape index (κ1) is 15.6. The van der Waals surface area contributed by atoms with Gasteiger partial charge in [-0.3, -0.25) is 0 Å². The van der Waals surface area contributed by atoms with Crippen molar-refractivity contribution in [1.29, 1.82) is 0 Å². The van der Waals surface area contributed by atoms with E-state index < -0.39 is 0 Å². The monoisotopic (exact) mass is 313 g/mol. The normalized spacial score (nSPS) is 21.3. The summed E-state index contributed by atoms with van der Waals surface area (Å²) in [6.07, 6.45) is 2.77. The van der Waals surface area contributed by atoms with Crippen LogP contribution in [-0.4, -0.2) is 43.1 Å². The highest BCUT2D eigenvalue weighted by Crippen LogP contribution is 2.23. The second kappa shape index (κ2) is 6.44. The topological polar surface area (TPSA) is 59.0 Å². The molecule has 0 spiro atoms. The zero-order valence-corrected chi connectivity index (χ0v) is 14.0. The fourth-order valence-electron chi connectivity index (χ4n) is 3.00. The van der Waals surface area contributed by atoms with E-state index in [1.54, 1.807) is 14.2 Å². The van der Waals surface area contributed by atoms with E-state index in [4.69, 9.17) is 19.5 Å². The Labute approximate surface area is 136 Å². The predicted molar refractivity (Wildman–Crippen MR) is 93.3 cm³/mol. The summed E-state index contributed by atoms with van der Waals surface area (Å²) in [4.78, 5) is 12.8. The number of methoxy groups -OCH3 is 2. The minimum atomic E-state index is -0.149. The molecule has 23 heavy (non-hydrogen) atoms. The Morgan fingerprint density at radius 2 is 1.83 bits per heavy atom. The summed E-state index contributed by atoms with van der Waals surface area (Å²) >= 11 is 0. The molecule has 5 nitrogen and oxygen atoms in total. The summed E-state index contributed by atoms with van der Waals surface area (Å²) in [7, 11) is 3.32. The van der Waals surface area contributed by atoms with Crippen molar-refractivity contribution >= 4 is 22.7 Å². The number of aromatic nitrogens is 1. The zero-order valence-electron chi connectivity index (χ0n) is 14.0. The SMILES string of the molecule is COC1=NC(C(C)C)C(OC)=NC1Cc1c[nH]c2ccccc12. The quantitative estimate of drug-likeness (QED) is 0.946. The molecule has 0 fully saturated rings. The highest BCUT2D eigenvalue weighted by Gasteiger charge is 2.31. The van der Waals surface area contributed by atoms with Gasteiger partial charge in [-0.15, -0.1) is 0 Å². The van der Waals surface area contributed by atoms with Gasteiger partial charge in [-0.1, -0.05) is 32.0 Å². The third-order valence-corrected chi connectivity index (χ3v) is 4.23. The van der Waals surface area contributed by atoms with Crippen molar-refractivity contribution in [2.24, 2.45) is 15.9 Å². The Hall–Kier alpha value is -2.30. The number of para-hydroxylation sites is 1. The average Bonchev–Trinajstić information content (AvgIpc) is 2.97. The zero-order chi connectivity index (χ0) is 16.4. The Kier molecular flexibility index (Phi) is 4.37. The summed E-state index contributed by atoms with van der Waals surface area (Å²) in [6.45, 7) is 4.21. The van der Waals surface area contributed by atoms with Gasteiger partial charge in [0.05, 0.1) is 14.2 Å². The van der Waals surface area contributed by atoms with Crippen molar-refractivity contribution in [3.8, 4) is 0 Å². The summed E-state index contributed by atoms with van der Waals surface area (Å²) in [5, 5.41) is 1.21. The van der Waals surface area contributed by atoms with Gasteiger partial charge in [-0.25, -0.2) is 9.98 Å². The molecule has 1 aromatic carbocycles. The molecule has 3 rings (SSSR count). The number of hydrogen-bond donors (Lipinski definition) is 1. The van der Waals surface area contributed by atoms with E-state index in [1.165, 1.54) is 10.9 Å². The molecule has 0 saturated heterocycles. The molecular formula is C18H23N3O2. The lowest BCUT2D eigenvalue weighted by atomic mass is 10.0. The minimum Gasteiger partial charge on any atom is -0.483 e. The van der Waals surface area contributed by atoms with E-state index in [1.807, 2.05) is 18.3 Å². The summed E-state index contributed by atoms with van der Waals surface area (Å²) < 4.78 is 11.0. The molecule has 0 radical (unpaired) electrons. The van der Waals surface area contributed by atoms with Crippen LogP contribution in [0.2, 0.25) is 0 Å². The van der Waals surface area contributed by atoms with Gasteiger partial charge < -0.3 is 14.5 Å². The molecule has 1 aliphatic heterocycles. The average molecular weight is 313 g/mol. The fourth-order valence-corrected chi connectivity index (χ4v) is 3.00. The highest BCUT2D eigenvalue weighted by atomic mass is 16.5. The van der Waals surface area contributed by atoms with Gasteiger partial charge in [0.15, 0.2) is 0 Å². The van der Waals surface area contributed by atoms with Gasteiger partial charge >= 0.3 is 0 Å². The molecule has 1 aromatic heterocycles. The molecule has 2 heterocycles. The second-order valence-electron chi connectivity index (χ2n) is 6.11. The maximum absolute atomic E-state index is 5.51. The number of hydrogen-bond acceptors (Lipinski definition) is 4. The van der Waals surface area contributed by atoms with Crippen molar-refractivity contribution in [1.82, 2.24) is 4.98 Å². The van der Waals surface area contributed by atoms with Crippen LogP contribution in [0.15, 0.2) is 40.4 Å². The molecule has 1 N–H and O–H groups in total. The van der Waals surface area contributed by atoms with Crippen molar-refractivity contribution in [2.75, 3.05) is 14.2 Å². The van der Waals surface area contributed by atoms with Gasteiger partial charge in [0.1, 0.15) is 12.1 Å². The number of aromatic amines is 1. The number of H-pyrrole nitrogens is 1. The minimum absolute atomic E-state index is 0.0748. The van der Waals surface area contributed by atoms with Gasteiger partial charge in [0.25, 0.3) is 0 Å². The van der Waals surface area contributed by atoms with Crippen molar-refractivity contribution < 1.29 is 9.47 Å². The van der Waals surface area contributed by atoms with Crippen molar-refractivity contribution in [2.45, 2.75) is 32.4 Å². The van der Waals surface area contributed by atoms with Crippen LogP contribution in [0.4, 0.5) is 0 Å². The first-order valence-corrected chi connectivity index (χ1v) is 7.92. The van der Waals surface area contributed by atoms with Crippen LogP contribution in [0.5, 0.6) is 0 Å². The van der Waals surface area contributed by atoms with E-state index in [-0.39, 0.29) is 12.1 Å². The lowest BCUT2D eigenvalue weighted by molar-refractivity contribution is 0.333. The number of fused-ring (bicyclic) bond motifs is 1. The van der Waals surface area contributed by atoms with Gasteiger partial charge in [0.2, 0.25) is 11.8 Å². The smallest absolute Gasteiger partial charge is 0.209 e. The Bertz CT molecular complexity index is 746. The van der Waals surface area contributed by atoms with Gasteiger partial charge in [-0.05, 0) is 17.5 Å². The summed E-state index contributed by atoms with van der Waals surface area (Å²) in [5.74, 6) is 1.67.